The molecule has 0 bridgehead atoms. The minimum absolute atomic E-state index is 0.135. The average Bonchev–Trinajstić information content (AvgIpc) is 3.22. The third-order valence-corrected chi connectivity index (χ3v) is 7.56. The zero-order valence-corrected chi connectivity index (χ0v) is 21.6. The SMILES string of the molecule is CCN1C(C)CN(c2c(OC)cc3c(=O)c4c5ccc(C#N)cc5[nH]c4n(C(C)C)c3c2F)CC1C. The molecule has 1 N–H and O–H groups in total. The molecule has 2 aromatic heterocycles. The first-order valence-corrected chi connectivity index (χ1v) is 12.5. The van der Waals surface area contributed by atoms with Crippen molar-refractivity contribution in [1.29, 1.82) is 5.26 Å². The van der Waals surface area contributed by atoms with Crippen LogP contribution in [-0.4, -0.2) is 53.3 Å². The van der Waals surface area contributed by atoms with Crippen molar-refractivity contribution >= 4 is 38.5 Å². The molecule has 0 spiro atoms. The first-order chi connectivity index (χ1) is 17.2. The molecule has 2 atom stereocenters. The molecule has 8 heteroatoms. The van der Waals surface area contributed by atoms with Crippen molar-refractivity contribution in [2.45, 2.75) is 52.7 Å². The van der Waals surface area contributed by atoms with Crippen LogP contribution in [0.1, 0.15) is 46.2 Å². The fraction of sp³-hybridized carbons (Fsp3) is 0.429. The summed E-state index contributed by atoms with van der Waals surface area (Å²) in [6.07, 6.45) is 0. The minimum atomic E-state index is -0.447. The van der Waals surface area contributed by atoms with Crippen molar-refractivity contribution in [3.63, 3.8) is 0 Å². The van der Waals surface area contributed by atoms with E-state index < -0.39 is 5.82 Å². The summed E-state index contributed by atoms with van der Waals surface area (Å²) in [6, 6.07) is 9.39. The molecule has 1 aliphatic heterocycles. The molecule has 7 nitrogen and oxygen atoms in total. The number of aromatic amines is 1. The van der Waals surface area contributed by atoms with Gasteiger partial charge in [0.2, 0.25) is 0 Å². The summed E-state index contributed by atoms with van der Waals surface area (Å²) >= 11 is 0. The number of pyridine rings is 1. The lowest BCUT2D eigenvalue weighted by atomic mass is 10.0. The largest absolute Gasteiger partial charge is 0.494 e. The summed E-state index contributed by atoms with van der Waals surface area (Å²) < 4.78 is 24.2. The van der Waals surface area contributed by atoms with Crippen LogP contribution < -0.4 is 15.1 Å². The lowest BCUT2D eigenvalue weighted by Gasteiger charge is -2.45. The van der Waals surface area contributed by atoms with Crippen LogP contribution in [0, 0.1) is 17.1 Å². The lowest BCUT2D eigenvalue weighted by Crippen LogP contribution is -2.56. The Morgan fingerprint density at radius 2 is 1.89 bits per heavy atom. The Morgan fingerprint density at radius 1 is 1.19 bits per heavy atom. The van der Waals surface area contributed by atoms with Crippen LogP contribution in [0.5, 0.6) is 5.75 Å². The number of benzene rings is 2. The van der Waals surface area contributed by atoms with Crippen molar-refractivity contribution in [3.05, 3.63) is 45.9 Å². The van der Waals surface area contributed by atoms with E-state index in [1.165, 1.54) is 7.11 Å². The average molecular weight is 490 g/mol. The number of ether oxygens (including phenoxy) is 1. The van der Waals surface area contributed by atoms with Gasteiger partial charge < -0.3 is 19.2 Å². The second-order valence-corrected chi connectivity index (χ2v) is 10.1. The van der Waals surface area contributed by atoms with Crippen LogP contribution in [0.2, 0.25) is 0 Å². The van der Waals surface area contributed by atoms with Gasteiger partial charge in [-0.3, -0.25) is 9.69 Å². The third kappa shape index (κ3) is 3.45. The van der Waals surface area contributed by atoms with Gasteiger partial charge in [-0.05, 0) is 52.4 Å². The first kappa shape index (κ1) is 24.1. The van der Waals surface area contributed by atoms with Crippen LogP contribution in [0.15, 0.2) is 29.1 Å². The van der Waals surface area contributed by atoms with Gasteiger partial charge >= 0.3 is 0 Å². The Bertz CT molecular complexity index is 1580. The number of anilines is 1. The summed E-state index contributed by atoms with van der Waals surface area (Å²) in [5, 5.41) is 10.8. The molecule has 5 rings (SSSR count). The molecule has 0 amide bonds. The van der Waals surface area contributed by atoms with Crippen LogP contribution in [0.4, 0.5) is 10.1 Å². The third-order valence-electron chi connectivity index (χ3n) is 7.56. The molecular formula is C28H32FN5O2. The molecule has 4 aromatic rings. The summed E-state index contributed by atoms with van der Waals surface area (Å²) in [5.41, 5.74) is 2.14. The standard InChI is InChI=1S/C28H32FN5O2/c1-7-33-16(4)13-32(14-17(33)5)26-22(36-6)11-20-25(24(26)29)34(15(2)3)28-23(27(20)35)19-9-8-18(12-30)10-21(19)31-28/h8-11,15-17,31H,7,13-14H2,1-6H3. The number of hydrogen-bond donors (Lipinski definition) is 1. The number of piperazine rings is 1. The molecule has 188 valence electrons. The molecule has 3 heterocycles. The molecule has 1 fully saturated rings. The second kappa shape index (κ2) is 8.82. The van der Waals surface area contributed by atoms with E-state index in [0.29, 0.717) is 52.0 Å². The van der Waals surface area contributed by atoms with Crippen molar-refractivity contribution in [3.8, 4) is 11.8 Å². The van der Waals surface area contributed by atoms with Crippen LogP contribution in [0.25, 0.3) is 32.8 Å². The highest BCUT2D eigenvalue weighted by molar-refractivity contribution is 6.10. The highest BCUT2D eigenvalue weighted by Gasteiger charge is 2.33. The van der Waals surface area contributed by atoms with Gasteiger partial charge in [0.25, 0.3) is 0 Å². The number of likely N-dealkylation sites (N-methyl/N-ethyl adjacent to an activating group) is 1. The van der Waals surface area contributed by atoms with E-state index in [0.717, 1.165) is 6.54 Å². The van der Waals surface area contributed by atoms with Crippen molar-refractivity contribution < 1.29 is 9.13 Å². The lowest BCUT2D eigenvalue weighted by molar-refractivity contribution is 0.139. The molecule has 36 heavy (non-hydrogen) atoms. The number of rotatable bonds is 4. The Labute approximate surface area is 209 Å². The van der Waals surface area contributed by atoms with Crippen molar-refractivity contribution in [2.75, 3.05) is 31.6 Å². The fourth-order valence-corrected chi connectivity index (χ4v) is 6.05. The smallest absolute Gasteiger partial charge is 0.199 e. The predicted molar refractivity (Wildman–Crippen MR) is 143 cm³/mol. The number of aromatic nitrogens is 2. The van der Waals surface area contributed by atoms with Gasteiger partial charge in [-0.15, -0.1) is 0 Å². The quantitative estimate of drug-likeness (QED) is 0.429. The van der Waals surface area contributed by atoms with Gasteiger partial charge in [0.15, 0.2) is 11.2 Å². The Balaban J connectivity index is 1.86. The van der Waals surface area contributed by atoms with Crippen molar-refractivity contribution in [2.24, 2.45) is 0 Å². The normalized spacial score (nSPS) is 19.0. The van der Waals surface area contributed by atoms with E-state index in [4.69, 9.17) is 4.74 Å². The van der Waals surface area contributed by atoms with Gasteiger partial charge in [-0.25, -0.2) is 4.39 Å². The van der Waals surface area contributed by atoms with E-state index in [1.54, 1.807) is 24.3 Å². The Kier molecular flexibility index (Phi) is 5.92. The number of nitrogens with zero attached hydrogens (tertiary/aromatic N) is 4. The van der Waals surface area contributed by atoms with Gasteiger partial charge in [0.05, 0.1) is 35.0 Å². The first-order valence-electron chi connectivity index (χ1n) is 12.5. The van der Waals surface area contributed by atoms with Crippen LogP contribution in [0.3, 0.4) is 0 Å². The minimum Gasteiger partial charge on any atom is -0.494 e. The molecule has 0 saturated carbocycles. The highest BCUT2D eigenvalue weighted by atomic mass is 19.1. The molecule has 1 aliphatic rings. The maximum absolute atomic E-state index is 16.7. The highest BCUT2D eigenvalue weighted by Crippen LogP contribution is 2.40. The number of methoxy groups -OCH3 is 1. The molecule has 1 saturated heterocycles. The number of nitriles is 1. The fourth-order valence-electron chi connectivity index (χ4n) is 6.05. The topological polar surface area (TPSA) is 77.3 Å². The molecule has 2 aromatic carbocycles. The van der Waals surface area contributed by atoms with E-state index >= 15 is 4.39 Å². The van der Waals surface area contributed by atoms with Gasteiger partial charge in [-0.1, -0.05) is 13.0 Å². The van der Waals surface area contributed by atoms with Crippen molar-refractivity contribution in [1.82, 2.24) is 14.5 Å². The predicted octanol–water partition coefficient (Wildman–Crippen LogP) is 5.16. The zero-order valence-electron chi connectivity index (χ0n) is 21.6. The summed E-state index contributed by atoms with van der Waals surface area (Å²) in [4.78, 5) is 21.6. The molecule has 0 radical (unpaired) electrons. The van der Waals surface area contributed by atoms with Gasteiger partial charge in [-0.2, -0.15) is 5.26 Å². The van der Waals surface area contributed by atoms with Crippen LogP contribution in [-0.2, 0) is 0 Å². The summed E-state index contributed by atoms with van der Waals surface area (Å²) in [5.74, 6) is -0.0829. The van der Waals surface area contributed by atoms with Gasteiger partial charge in [0.1, 0.15) is 17.1 Å². The zero-order chi connectivity index (χ0) is 25.9. The summed E-state index contributed by atoms with van der Waals surface area (Å²) in [6.45, 7) is 12.7. The van der Waals surface area contributed by atoms with Crippen LogP contribution >= 0.6 is 0 Å². The summed E-state index contributed by atoms with van der Waals surface area (Å²) in [7, 11) is 1.52. The molecular weight excluding hydrogens is 457 g/mol. The van der Waals surface area contributed by atoms with E-state index in [1.807, 2.05) is 18.4 Å². The molecule has 2 unspecified atom stereocenters. The van der Waals surface area contributed by atoms with E-state index in [9.17, 15) is 10.1 Å². The second-order valence-electron chi connectivity index (χ2n) is 10.1. The maximum atomic E-state index is 16.7. The number of H-pyrrole nitrogens is 1. The van der Waals surface area contributed by atoms with E-state index in [-0.39, 0.29) is 34.5 Å². The van der Waals surface area contributed by atoms with E-state index in [2.05, 4.69) is 41.6 Å². The molecule has 0 aliphatic carbocycles. The number of nitrogens with one attached hydrogen (secondary N) is 1. The number of fused-ring (bicyclic) bond motifs is 4. The number of hydrogen-bond acceptors (Lipinski definition) is 5. The Morgan fingerprint density at radius 3 is 2.47 bits per heavy atom. The number of halogens is 1. The monoisotopic (exact) mass is 489 g/mol. The van der Waals surface area contributed by atoms with Gasteiger partial charge in [0, 0.05) is 42.1 Å². The Hall–Kier alpha value is -3.57. The maximum Gasteiger partial charge on any atom is 0.199 e.